The summed E-state index contributed by atoms with van der Waals surface area (Å²) in [6.07, 6.45) is 0.941. The standard InChI is InChI=1S/C20H29N3O5/c1-13(8-7-11-20(3,4)26)21-17(25)19-23(14(2)24)22-18(28-19)15-9-6-10-16(12-15)27-5/h6,9-10,12-13,19,26H,7-8,11H2,1-5H3,(H,21,25). The van der Waals surface area contributed by atoms with Gasteiger partial charge >= 0.3 is 0 Å². The zero-order valence-electron chi connectivity index (χ0n) is 17.1. The number of benzene rings is 1. The highest BCUT2D eigenvalue weighted by atomic mass is 16.5. The second-order valence-electron chi connectivity index (χ2n) is 7.59. The first kappa shape index (κ1) is 21.7. The van der Waals surface area contributed by atoms with E-state index in [1.807, 2.05) is 6.92 Å². The summed E-state index contributed by atoms with van der Waals surface area (Å²) in [7, 11) is 1.55. The Labute approximate surface area is 165 Å². The monoisotopic (exact) mass is 391 g/mol. The van der Waals surface area contributed by atoms with Gasteiger partial charge in [-0.1, -0.05) is 6.07 Å². The molecule has 154 valence electrons. The summed E-state index contributed by atoms with van der Waals surface area (Å²) < 4.78 is 10.9. The van der Waals surface area contributed by atoms with Crippen LogP contribution < -0.4 is 10.1 Å². The van der Waals surface area contributed by atoms with Crippen LogP contribution in [0.1, 0.15) is 52.5 Å². The van der Waals surface area contributed by atoms with Gasteiger partial charge in [0, 0.05) is 18.5 Å². The Morgan fingerprint density at radius 3 is 2.75 bits per heavy atom. The van der Waals surface area contributed by atoms with Crippen molar-refractivity contribution in [1.82, 2.24) is 10.3 Å². The fourth-order valence-electron chi connectivity index (χ4n) is 2.84. The molecule has 2 atom stereocenters. The van der Waals surface area contributed by atoms with Crippen molar-refractivity contribution in [2.45, 2.75) is 64.8 Å². The molecule has 2 rings (SSSR count). The Kier molecular flexibility index (Phi) is 7.01. The van der Waals surface area contributed by atoms with E-state index in [4.69, 9.17) is 9.47 Å². The van der Waals surface area contributed by atoms with Crippen LogP contribution in [-0.2, 0) is 14.3 Å². The summed E-state index contributed by atoms with van der Waals surface area (Å²) >= 11 is 0. The molecule has 1 aromatic rings. The summed E-state index contributed by atoms with van der Waals surface area (Å²) in [6.45, 7) is 6.71. The summed E-state index contributed by atoms with van der Waals surface area (Å²) in [5.41, 5.74) is -0.123. The van der Waals surface area contributed by atoms with Crippen LogP contribution in [-0.4, -0.2) is 52.8 Å². The van der Waals surface area contributed by atoms with Gasteiger partial charge in [0.05, 0.1) is 12.7 Å². The molecule has 0 saturated heterocycles. The minimum Gasteiger partial charge on any atom is -0.497 e. The van der Waals surface area contributed by atoms with Gasteiger partial charge in [-0.25, -0.2) is 0 Å². The lowest BCUT2D eigenvalue weighted by atomic mass is 10.00. The zero-order valence-corrected chi connectivity index (χ0v) is 17.1. The molecule has 2 amide bonds. The van der Waals surface area contributed by atoms with Crippen LogP contribution in [0.2, 0.25) is 0 Å². The van der Waals surface area contributed by atoms with E-state index in [2.05, 4.69) is 10.4 Å². The maximum absolute atomic E-state index is 12.7. The lowest BCUT2D eigenvalue weighted by Gasteiger charge is -2.22. The molecule has 0 aliphatic carbocycles. The molecule has 1 aliphatic heterocycles. The predicted octanol–water partition coefficient (Wildman–Crippen LogP) is 2.01. The number of hydrazone groups is 1. The first-order chi connectivity index (χ1) is 13.1. The Balaban J connectivity index is 2.02. The van der Waals surface area contributed by atoms with Gasteiger partial charge in [-0.15, -0.1) is 5.10 Å². The Bertz CT molecular complexity index is 742. The molecule has 2 unspecified atom stereocenters. The van der Waals surface area contributed by atoms with E-state index < -0.39 is 23.6 Å². The van der Waals surface area contributed by atoms with Gasteiger partial charge in [0.25, 0.3) is 12.1 Å². The number of aliphatic hydroxyl groups is 1. The van der Waals surface area contributed by atoms with Crippen LogP contribution in [0, 0.1) is 0 Å². The van der Waals surface area contributed by atoms with E-state index in [0.29, 0.717) is 24.2 Å². The third-order valence-electron chi connectivity index (χ3n) is 4.32. The van der Waals surface area contributed by atoms with E-state index >= 15 is 0 Å². The van der Waals surface area contributed by atoms with Crippen molar-refractivity contribution in [1.29, 1.82) is 0 Å². The fourth-order valence-corrected chi connectivity index (χ4v) is 2.84. The second kappa shape index (κ2) is 9.05. The van der Waals surface area contributed by atoms with E-state index in [1.54, 1.807) is 45.2 Å². The van der Waals surface area contributed by atoms with Crippen molar-refractivity contribution in [3.8, 4) is 5.75 Å². The number of nitrogens with one attached hydrogen (secondary N) is 1. The number of carbonyl (C=O) groups excluding carboxylic acids is 2. The molecule has 1 heterocycles. The molecule has 1 aliphatic rings. The number of nitrogens with zero attached hydrogens (tertiary/aromatic N) is 2. The molecule has 2 N–H and O–H groups in total. The molecule has 1 aromatic carbocycles. The normalized spacial score (nSPS) is 17.6. The molecule has 28 heavy (non-hydrogen) atoms. The van der Waals surface area contributed by atoms with Gasteiger partial charge in [0.2, 0.25) is 11.8 Å². The van der Waals surface area contributed by atoms with Crippen molar-refractivity contribution in [3.05, 3.63) is 29.8 Å². The molecule has 0 bridgehead atoms. The number of carbonyl (C=O) groups is 2. The quantitative estimate of drug-likeness (QED) is 0.706. The molecule has 0 fully saturated rings. The van der Waals surface area contributed by atoms with Crippen LogP contribution >= 0.6 is 0 Å². The van der Waals surface area contributed by atoms with Crippen LogP contribution in [0.4, 0.5) is 0 Å². The van der Waals surface area contributed by atoms with E-state index in [-0.39, 0.29) is 11.9 Å². The average Bonchev–Trinajstić information content (AvgIpc) is 3.06. The van der Waals surface area contributed by atoms with Gasteiger partial charge in [0.15, 0.2) is 0 Å². The highest BCUT2D eigenvalue weighted by Gasteiger charge is 2.37. The zero-order chi connectivity index (χ0) is 20.9. The Hall–Kier alpha value is -2.61. The summed E-state index contributed by atoms with van der Waals surface area (Å²) in [6, 6.07) is 6.90. The van der Waals surface area contributed by atoms with E-state index in [9.17, 15) is 14.7 Å². The van der Waals surface area contributed by atoms with Crippen LogP contribution in [0.3, 0.4) is 0 Å². The maximum atomic E-state index is 12.7. The van der Waals surface area contributed by atoms with Crippen molar-refractivity contribution < 1.29 is 24.2 Å². The van der Waals surface area contributed by atoms with Gasteiger partial charge in [-0.05, 0) is 58.2 Å². The SMILES string of the molecule is COc1cccc(C2=NN(C(C)=O)C(C(=O)NC(C)CCCC(C)(C)O)O2)c1. The number of hydrogen-bond acceptors (Lipinski definition) is 6. The maximum Gasteiger partial charge on any atom is 0.284 e. The van der Waals surface area contributed by atoms with E-state index in [0.717, 1.165) is 11.4 Å². The lowest BCUT2D eigenvalue weighted by molar-refractivity contribution is -0.147. The molecular formula is C20H29N3O5. The third kappa shape index (κ3) is 5.95. The summed E-state index contributed by atoms with van der Waals surface area (Å²) in [4.78, 5) is 24.6. The van der Waals surface area contributed by atoms with Gasteiger partial charge in [0.1, 0.15) is 5.75 Å². The summed E-state index contributed by atoms with van der Waals surface area (Å²) in [5, 5.41) is 17.8. The minimum absolute atomic E-state index is 0.131. The molecule has 0 saturated carbocycles. The largest absolute Gasteiger partial charge is 0.497 e. The van der Waals surface area contributed by atoms with Gasteiger partial charge in [-0.3, -0.25) is 9.59 Å². The van der Waals surface area contributed by atoms with Crippen molar-refractivity contribution in [3.63, 3.8) is 0 Å². The topological polar surface area (TPSA) is 100 Å². The highest BCUT2D eigenvalue weighted by Crippen LogP contribution is 2.21. The first-order valence-electron chi connectivity index (χ1n) is 9.33. The van der Waals surface area contributed by atoms with Gasteiger partial charge < -0.3 is 19.9 Å². The highest BCUT2D eigenvalue weighted by molar-refractivity contribution is 6.00. The molecule has 0 aromatic heterocycles. The van der Waals surface area contributed by atoms with E-state index in [1.165, 1.54) is 6.92 Å². The number of hydrogen-bond donors (Lipinski definition) is 2. The Morgan fingerprint density at radius 1 is 1.43 bits per heavy atom. The number of rotatable bonds is 8. The van der Waals surface area contributed by atoms with Gasteiger partial charge in [-0.2, -0.15) is 5.01 Å². The lowest BCUT2D eigenvalue weighted by Crippen LogP contribution is -2.48. The first-order valence-corrected chi connectivity index (χ1v) is 9.33. The van der Waals surface area contributed by atoms with Crippen molar-refractivity contribution in [2.75, 3.05) is 7.11 Å². The second-order valence-corrected chi connectivity index (χ2v) is 7.59. The molecular weight excluding hydrogens is 362 g/mol. The predicted molar refractivity (Wildman–Crippen MR) is 105 cm³/mol. The number of methoxy groups -OCH3 is 1. The minimum atomic E-state index is -1.16. The molecule has 0 radical (unpaired) electrons. The molecule has 0 spiro atoms. The Morgan fingerprint density at radius 2 is 2.14 bits per heavy atom. The summed E-state index contributed by atoms with van der Waals surface area (Å²) in [5.74, 6) is -0.0317. The number of amides is 2. The van der Waals surface area contributed by atoms with Crippen molar-refractivity contribution >= 4 is 17.7 Å². The molecule has 8 heteroatoms. The van der Waals surface area contributed by atoms with Crippen LogP contribution in [0.5, 0.6) is 5.75 Å². The molecule has 8 nitrogen and oxygen atoms in total. The van der Waals surface area contributed by atoms with Crippen LogP contribution in [0.25, 0.3) is 0 Å². The number of ether oxygens (including phenoxy) is 2. The van der Waals surface area contributed by atoms with Crippen LogP contribution in [0.15, 0.2) is 29.4 Å². The smallest absolute Gasteiger partial charge is 0.284 e. The third-order valence-corrected chi connectivity index (χ3v) is 4.32. The fraction of sp³-hybridized carbons (Fsp3) is 0.550. The van der Waals surface area contributed by atoms with Crippen molar-refractivity contribution in [2.24, 2.45) is 5.10 Å². The average molecular weight is 391 g/mol.